The Balaban J connectivity index is 0.00000144. The Morgan fingerprint density at radius 1 is 1.06 bits per heavy atom. The van der Waals surface area contributed by atoms with Crippen molar-refractivity contribution in [2.75, 3.05) is 0 Å². The Hall–Kier alpha value is -1.25. The molecular formula is C14H17ClNO-. The third kappa shape index (κ3) is 3.91. The van der Waals surface area contributed by atoms with E-state index in [4.69, 9.17) is 4.42 Å². The predicted octanol–water partition coefficient (Wildman–Crippen LogP) is 0.449. The SMILES string of the molecule is CC(C)NCc1ccc(-c2ccccc2)o1.[Cl-]. The molecule has 1 heterocycles. The van der Waals surface area contributed by atoms with Gasteiger partial charge in [-0.1, -0.05) is 44.2 Å². The highest BCUT2D eigenvalue weighted by Crippen LogP contribution is 2.21. The summed E-state index contributed by atoms with van der Waals surface area (Å²) in [6, 6.07) is 14.7. The van der Waals surface area contributed by atoms with E-state index in [1.54, 1.807) is 0 Å². The quantitative estimate of drug-likeness (QED) is 0.853. The smallest absolute Gasteiger partial charge is 0.134 e. The van der Waals surface area contributed by atoms with E-state index in [0.717, 1.165) is 23.6 Å². The molecule has 0 unspecified atom stereocenters. The molecule has 0 amide bonds. The lowest BCUT2D eigenvalue weighted by atomic mass is 10.2. The fourth-order valence-electron chi connectivity index (χ4n) is 1.54. The molecular weight excluding hydrogens is 234 g/mol. The summed E-state index contributed by atoms with van der Waals surface area (Å²) in [7, 11) is 0. The van der Waals surface area contributed by atoms with E-state index in [1.807, 2.05) is 30.3 Å². The summed E-state index contributed by atoms with van der Waals surface area (Å²) < 4.78 is 5.76. The van der Waals surface area contributed by atoms with Gasteiger partial charge in [0.25, 0.3) is 0 Å². The van der Waals surface area contributed by atoms with Crippen LogP contribution in [0, 0.1) is 0 Å². The molecule has 2 aromatic rings. The number of hydrogen-bond donors (Lipinski definition) is 1. The average Bonchev–Trinajstić information content (AvgIpc) is 2.76. The first-order valence-electron chi connectivity index (χ1n) is 5.63. The fourth-order valence-corrected chi connectivity index (χ4v) is 1.54. The Morgan fingerprint density at radius 2 is 1.76 bits per heavy atom. The van der Waals surface area contributed by atoms with Crippen molar-refractivity contribution < 1.29 is 16.8 Å². The molecule has 1 N–H and O–H groups in total. The maximum Gasteiger partial charge on any atom is 0.134 e. The van der Waals surface area contributed by atoms with Crippen LogP contribution in [0.5, 0.6) is 0 Å². The molecule has 1 aromatic heterocycles. The lowest BCUT2D eigenvalue weighted by Gasteiger charge is -2.05. The second-order valence-electron chi connectivity index (χ2n) is 4.17. The molecule has 0 fully saturated rings. The first kappa shape index (κ1) is 13.8. The van der Waals surface area contributed by atoms with Crippen LogP contribution < -0.4 is 17.7 Å². The van der Waals surface area contributed by atoms with Crippen molar-refractivity contribution in [2.24, 2.45) is 0 Å². The normalized spacial score (nSPS) is 10.3. The summed E-state index contributed by atoms with van der Waals surface area (Å²) in [5.41, 5.74) is 1.12. The molecule has 3 heteroatoms. The van der Waals surface area contributed by atoms with Gasteiger partial charge in [0.05, 0.1) is 6.54 Å². The highest BCUT2D eigenvalue weighted by molar-refractivity contribution is 5.57. The summed E-state index contributed by atoms with van der Waals surface area (Å²) in [6.07, 6.45) is 0. The van der Waals surface area contributed by atoms with Gasteiger partial charge in [-0.2, -0.15) is 0 Å². The number of nitrogens with one attached hydrogen (secondary N) is 1. The minimum Gasteiger partial charge on any atom is -1.00 e. The maximum atomic E-state index is 5.76. The predicted molar refractivity (Wildman–Crippen MR) is 66.1 cm³/mol. The van der Waals surface area contributed by atoms with E-state index in [9.17, 15) is 0 Å². The van der Waals surface area contributed by atoms with Crippen LogP contribution in [0.1, 0.15) is 19.6 Å². The summed E-state index contributed by atoms with van der Waals surface area (Å²) in [4.78, 5) is 0. The minimum atomic E-state index is 0. The van der Waals surface area contributed by atoms with Crippen LogP contribution in [-0.2, 0) is 6.54 Å². The summed E-state index contributed by atoms with van der Waals surface area (Å²) >= 11 is 0. The minimum absolute atomic E-state index is 0. The van der Waals surface area contributed by atoms with Crippen molar-refractivity contribution in [1.29, 1.82) is 0 Å². The molecule has 0 saturated carbocycles. The van der Waals surface area contributed by atoms with Crippen LogP contribution in [0.2, 0.25) is 0 Å². The average molecular weight is 251 g/mol. The Bertz CT molecular complexity index is 436. The van der Waals surface area contributed by atoms with Crippen LogP contribution >= 0.6 is 0 Å². The number of furan rings is 1. The van der Waals surface area contributed by atoms with E-state index < -0.39 is 0 Å². The number of halogens is 1. The number of benzene rings is 1. The molecule has 2 rings (SSSR count). The standard InChI is InChI=1S/C14H17NO.ClH/c1-11(2)15-10-13-8-9-14(16-13)12-6-4-3-5-7-12;/h3-9,11,15H,10H2,1-2H3;1H/p-1. The number of hydrogen-bond acceptors (Lipinski definition) is 2. The van der Waals surface area contributed by atoms with E-state index >= 15 is 0 Å². The van der Waals surface area contributed by atoms with Crippen LogP contribution in [0.15, 0.2) is 46.9 Å². The lowest BCUT2D eigenvalue weighted by Crippen LogP contribution is -3.00. The first-order chi connectivity index (χ1) is 7.75. The molecule has 0 aliphatic heterocycles. The van der Waals surface area contributed by atoms with Gasteiger partial charge in [-0.3, -0.25) is 0 Å². The lowest BCUT2D eigenvalue weighted by molar-refractivity contribution is -0.00000402. The second-order valence-corrected chi connectivity index (χ2v) is 4.17. The highest BCUT2D eigenvalue weighted by Gasteiger charge is 2.04. The molecule has 0 atom stereocenters. The molecule has 1 aromatic carbocycles. The molecule has 0 bridgehead atoms. The van der Waals surface area contributed by atoms with Crippen molar-refractivity contribution in [2.45, 2.75) is 26.4 Å². The largest absolute Gasteiger partial charge is 1.00 e. The first-order valence-corrected chi connectivity index (χ1v) is 5.63. The van der Waals surface area contributed by atoms with Gasteiger partial charge in [-0.25, -0.2) is 0 Å². The van der Waals surface area contributed by atoms with Gasteiger partial charge in [-0.15, -0.1) is 0 Å². The van der Waals surface area contributed by atoms with Gasteiger partial charge in [-0.05, 0) is 12.1 Å². The zero-order valence-electron chi connectivity index (χ0n) is 10.1. The summed E-state index contributed by atoms with van der Waals surface area (Å²) in [6.45, 7) is 5.03. The Kier molecular flexibility index (Phi) is 5.26. The van der Waals surface area contributed by atoms with Crippen LogP contribution in [0.25, 0.3) is 11.3 Å². The van der Waals surface area contributed by atoms with Gasteiger partial charge < -0.3 is 22.1 Å². The van der Waals surface area contributed by atoms with E-state index in [1.165, 1.54) is 0 Å². The van der Waals surface area contributed by atoms with E-state index in [-0.39, 0.29) is 12.4 Å². The molecule has 92 valence electrons. The molecule has 0 radical (unpaired) electrons. The Labute approximate surface area is 108 Å². The van der Waals surface area contributed by atoms with Gasteiger partial charge in [0.1, 0.15) is 11.5 Å². The zero-order valence-corrected chi connectivity index (χ0v) is 10.9. The number of rotatable bonds is 4. The van der Waals surface area contributed by atoms with Crippen LogP contribution in [-0.4, -0.2) is 6.04 Å². The molecule has 0 spiro atoms. The van der Waals surface area contributed by atoms with Crippen LogP contribution in [0.3, 0.4) is 0 Å². The van der Waals surface area contributed by atoms with E-state index in [2.05, 4.69) is 31.3 Å². The molecule has 0 aliphatic rings. The highest BCUT2D eigenvalue weighted by atomic mass is 35.5. The molecule has 0 aliphatic carbocycles. The zero-order chi connectivity index (χ0) is 11.4. The van der Waals surface area contributed by atoms with Crippen molar-refractivity contribution in [3.63, 3.8) is 0 Å². The second kappa shape index (κ2) is 6.48. The third-order valence-corrected chi connectivity index (χ3v) is 2.40. The van der Waals surface area contributed by atoms with Crippen LogP contribution in [0.4, 0.5) is 0 Å². The Morgan fingerprint density at radius 3 is 2.41 bits per heavy atom. The molecule has 17 heavy (non-hydrogen) atoms. The van der Waals surface area contributed by atoms with Crippen molar-refractivity contribution >= 4 is 0 Å². The van der Waals surface area contributed by atoms with E-state index in [0.29, 0.717) is 6.04 Å². The maximum absolute atomic E-state index is 5.76. The molecule has 0 saturated heterocycles. The van der Waals surface area contributed by atoms with Gasteiger partial charge in [0.15, 0.2) is 0 Å². The molecule has 2 nitrogen and oxygen atoms in total. The van der Waals surface area contributed by atoms with Gasteiger partial charge in [0.2, 0.25) is 0 Å². The summed E-state index contributed by atoms with van der Waals surface area (Å²) in [5.74, 6) is 1.91. The van der Waals surface area contributed by atoms with Crippen molar-refractivity contribution in [3.8, 4) is 11.3 Å². The monoisotopic (exact) mass is 250 g/mol. The topological polar surface area (TPSA) is 25.2 Å². The fraction of sp³-hybridized carbons (Fsp3) is 0.286. The van der Waals surface area contributed by atoms with Gasteiger partial charge in [0, 0.05) is 11.6 Å². The third-order valence-electron chi connectivity index (χ3n) is 2.40. The summed E-state index contributed by atoms with van der Waals surface area (Å²) in [5, 5.41) is 3.33. The van der Waals surface area contributed by atoms with Gasteiger partial charge >= 0.3 is 0 Å². The van der Waals surface area contributed by atoms with Crippen molar-refractivity contribution in [1.82, 2.24) is 5.32 Å². The van der Waals surface area contributed by atoms with Crippen molar-refractivity contribution in [3.05, 3.63) is 48.2 Å².